The van der Waals surface area contributed by atoms with Crippen LogP contribution in [0, 0.1) is 0 Å². The smallest absolute Gasteiger partial charge is 0.189 e. The van der Waals surface area contributed by atoms with Crippen molar-refractivity contribution >= 4 is 9.84 Å². The lowest BCUT2D eigenvalue weighted by Gasteiger charge is -2.23. The molecule has 1 unspecified atom stereocenters. The fourth-order valence-corrected chi connectivity index (χ4v) is 3.78. The summed E-state index contributed by atoms with van der Waals surface area (Å²) in [5.41, 5.74) is -1.29. The Morgan fingerprint density at radius 1 is 1.13 bits per heavy atom. The van der Waals surface area contributed by atoms with Gasteiger partial charge in [-0.2, -0.15) is 4.80 Å². The van der Waals surface area contributed by atoms with Crippen LogP contribution in [0.4, 0.5) is 0 Å². The van der Waals surface area contributed by atoms with E-state index in [4.69, 9.17) is 0 Å². The third-order valence-corrected chi connectivity index (χ3v) is 5.00. The van der Waals surface area contributed by atoms with Crippen LogP contribution in [0.5, 0.6) is 0 Å². The molecule has 0 radical (unpaired) electrons. The van der Waals surface area contributed by atoms with Crippen molar-refractivity contribution in [2.75, 3.05) is 5.75 Å². The number of tetrazole rings is 1. The van der Waals surface area contributed by atoms with E-state index in [1.54, 1.807) is 24.3 Å². The molecule has 1 N–H and O–H groups in total. The number of nitrogens with zero attached hydrogens (tertiary/aromatic N) is 4. The molecule has 126 valence electrons. The molecule has 0 aliphatic carbocycles. The number of hydrogen-bond donors (Lipinski definition) is 1. The molecular weight excluding hydrogens is 316 g/mol. The maximum atomic E-state index is 12.4. The van der Waals surface area contributed by atoms with Crippen molar-refractivity contribution < 1.29 is 13.5 Å². The second-order valence-corrected chi connectivity index (χ2v) is 8.90. The van der Waals surface area contributed by atoms with E-state index >= 15 is 0 Å². The minimum Gasteiger partial charge on any atom is -0.384 e. The minimum absolute atomic E-state index is 0.129. The summed E-state index contributed by atoms with van der Waals surface area (Å²) >= 11 is 0. The van der Waals surface area contributed by atoms with Crippen LogP contribution in [0.25, 0.3) is 0 Å². The molecule has 0 aliphatic heterocycles. The van der Waals surface area contributed by atoms with Gasteiger partial charge in [-0.15, -0.1) is 10.2 Å². The standard InChI is InChI=1S/C15H22N4O3S/c1-14(2,3)19-17-13(16-18-19)10-23(21,22)11-15(4,20)12-8-6-5-7-9-12/h5-9,20H,10-11H2,1-4H3. The van der Waals surface area contributed by atoms with Gasteiger partial charge in [-0.05, 0) is 38.5 Å². The summed E-state index contributed by atoms with van der Waals surface area (Å²) in [4.78, 5) is 1.38. The zero-order chi connectivity index (χ0) is 17.3. The van der Waals surface area contributed by atoms with Crippen molar-refractivity contribution in [2.45, 2.75) is 44.6 Å². The molecule has 7 nitrogen and oxygen atoms in total. The van der Waals surface area contributed by atoms with Crippen LogP contribution >= 0.6 is 0 Å². The van der Waals surface area contributed by atoms with Gasteiger partial charge in [0.1, 0.15) is 11.4 Å². The fraction of sp³-hybridized carbons (Fsp3) is 0.533. The Balaban J connectivity index is 2.15. The molecule has 0 aliphatic rings. The van der Waals surface area contributed by atoms with Gasteiger partial charge in [0.25, 0.3) is 0 Å². The van der Waals surface area contributed by atoms with Crippen molar-refractivity contribution in [2.24, 2.45) is 0 Å². The predicted molar refractivity (Wildman–Crippen MR) is 86.3 cm³/mol. The van der Waals surface area contributed by atoms with Gasteiger partial charge in [0.2, 0.25) is 0 Å². The summed E-state index contributed by atoms with van der Waals surface area (Å²) in [6, 6.07) is 8.72. The Hall–Kier alpha value is -1.80. The third kappa shape index (κ3) is 4.59. The molecule has 8 heteroatoms. The molecule has 2 rings (SSSR count). The average Bonchev–Trinajstić information content (AvgIpc) is 2.86. The van der Waals surface area contributed by atoms with Gasteiger partial charge in [-0.25, -0.2) is 8.42 Å². The van der Waals surface area contributed by atoms with Gasteiger partial charge in [0, 0.05) is 0 Å². The summed E-state index contributed by atoms with van der Waals surface area (Å²) in [6.45, 7) is 7.17. The molecule has 1 aromatic heterocycles. The van der Waals surface area contributed by atoms with Crippen molar-refractivity contribution in [3.63, 3.8) is 0 Å². The highest BCUT2D eigenvalue weighted by Crippen LogP contribution is 2.23. The first-order valence-corrected chi connectivity index (χ1v) is 9.09. The monoisotopic (exact) mass is 338 g/mol. The fourth-order valence-electron chi connectivity index (χ4n) is 2.14. The summed E-state index contributed by atoms with van der Waals surface area (Å²) in [6.07, 6.45) is 0. The average molecular weight is 338 g/mol. The number of aliphatic hydroxyl groups is 1. The first-order valence-electron chi connectivity index (χ1n) is 7.27. The van der Waals surface area contributed by atoms with Crippen molar-refractivity contribution in [3.8, 4) is 0 Å². The van der Waals surface area contributed by atoms with Crippen LogP contribution < -0.4 is 0 Å². The molecule has 0 saturated heterocycles. The predicted octanol–water partition coefficient (Wildman–Crippen LogP) is 1.25. The van der Waals surface area contributed by atoms with Crippen molar-refractivity contribution in [3.05, 3.63) is 41.7 Å². The summed E-state index contributed by atoms with van der Waals surface area (Å²) in [5, 5.41) is 22.3. The van der Waals surface area contributed by atoms with Crippen LogP contribution in [0.15, 0.2) is 30.3 Å². The topological polar surface area (TPSA) is 98.0 Å². The molecule has 0 saturated carbocycles. The maximum Gasteiger partial charge on any atom is 0.189 e. The number of aromatic nitrogens is 4. The highest BCUT2D eigenvalue weighted by molar-refractivity contribution is 7.90. The first kappa shape index (κ1) is 17.6. The lowest BCUT2D eigenvalue weighted by molar-refractivity contribution is 0.0819. The van der Waals surface area contributed by atoms with Crippen LogP contribution in [-0.4, -0.2) is 39.5 Å². The Labute approximate surface area is 136 Å². The molecule has 0 amide bonds. The molecule has 1 aromatic carbocycles. The van der Waals surface area contributed by atoms with E-state index in [9.17, 15) is 13.5 Å². The number of sulfone groups is 1. The van der Waals surface area contributed by atoms with Crippen LogP contribution in [0.3, 0.4) is 0 Å². The number of benzene rings is 1. The van der Waals surface area contributed by atoms with E-state index in [0.29, 0.717) is 5.56 Å². The quantitative estimate of drug-likeness (QED) is 0.881. The Bertz CT molecular complexity index is 762. The van der Waals surface area contributed by atoms with Gasteiger partial charge < -0.3 is 5.11 Å². The zero-order valence-corrected chi connectivity index (χ0v) is 14.6. The molecule has 0 fully saturated rings. The van der Waals surface area contributed by atoms with E-state index < -0.39 is 21.2 Å². The van der Waals surface area contributed by atoms with Gasteiger partial charge in [-0.1, -0.05) is 30.3 Å². The molecule has 0 spiro atoms. The van der Waals surface area contributed by atoms with Crippen LogP contribution in [-0.2, 0) is 26.7 Å². The lowest BCUT2D eigenvalue weighted by atomic mass is 9.99. The van der Waals surface area contributed by atoms with E-state index in [1.807, 2.05) is 26.8 Å². The van der Waals surface area contributed by atoms with Crippen molar-refractivity contribution in [1.29, 1.82) is 0 Å². The normalized spacial score (nSPS) is 15.3. The zero-order valence-electron chi connectivity index (χ0n) is 13.8. The van der Waals surface area contributed by atoms with Gasteiger partial charge in [-0.3, -0.25) is 0 Å². The molecule has 1 heterocycles. The van der Waals surface area contributed by atoms with Gasteiger partial charge in [0.15, 0.2) is 15.7 Å². The van der Waals surface area contributed by atoms with Gasteiger partial charge >= 0.3 is 0 Å². The van der Waals surface area contributed by atoms with E-state index in [2.05, 4.69) is 15.4 Å². The van der Waals surface area contributed by atoms with E-state index in [0.717, 1.165) is 0 Å². The Kier molecular flexibility index (Phi) is 4.59. The molecule has 2 aromatic rings. The summed E-state index contributed by atoms with van der Waals surface area (Å²) in [5.74, 6) is -0.635. The minimum atomic E-state index is -3.60. The second kappa shape index (κ2) is 6.01. The number of hydrogen-bond acceptors (Lipinski definition) is 6. The first-order chi connectivity index (χ1) is 10.5. The lowest BCUT2D eigenvalue weighted by Crippen LogP contribution is -2.32. The maximum absolute atomic E-state index is 12.4. The van der Waals surface area contributed by atoms with Crippen molar-refractivity contribution in [1.82, 2.24) is 20.2 Å². The van der Waals surface area contributed by atoms with E-state index in [1.165, 1.54) is 11.7 Å². The SMILES string of the molecule is CC(O)(CS(=O)(=O)Cc1nnn(C(C)(C)C)n1)c1ccccc1. The molecular formula is C15H22N4O3S. The van der Waals surface area contributed by atoms with Gasteiger partial charge in [0.05, 0.1) is 11.3 Å². The number of rotatable bonds is 5. The summed E-state index contributed by atoms with van der Waals surface area (Å²) in [7, 11) is -3.60. The third-order valence-electron chi connectivity index (χ3n) is 3.30. The highest BCUT2D eigenvalue weighted by Gasteiger charge is 2.31. The second-order valence-electron chi connectivity index (χ2n) is 6.84. The summed E-state index contributed by atoms with van der Waals surface area (Å²) < 4.78 is 24.7. The molecule has 23 heavy (non-hydrogen) atoms. The molecule has 0 bridgehead atoms. The van der Waals surface area contributed by atoms with Crippen LogP contribution in [0.2, 0.25) is 0 Å². The largest absolute Gasteiger partial charge is 0.384 e. The highest BCUT2D eigenvalue weighted by atomic mass is 32.2. The Morgan fingerprint density at radius 2 is 1.74 bits per heavy atom. The molecule has 1 atom stereocenters. The van der Waals surface area contributed by atoms with Crippen LogP contribution in [0.1, 0.15) is 39.1 Å². The Morgan fingerprint density at radius 3 is 2.26 bits per heavy atom. The van der Waals surface area contributed by atoms with E-state index in [-0.39, 0.29) is 17.1 Å².